The standard InChI is InChI=1S/C20H23N9O4/c1-2-11-25-18(33-28-11)15-13(30)14(31)19(32-15)29-9-24-12-16(21)26-20(27-17(12)29)23-8-6-10-5-3-4-7-22-10/h3-5,7,9,13-15,19,30-31H,2,6,8H2,1H3,(H3,21,23,26,27)/t13-,14+,15-,19+/m0/s1. The number of nitrogens with one attached hydrogen (secondary N) is 1. The molecule has 0 aliphatic carbocycles. The van der Waals surface area contributed by atoms with Crippen molar-refractivity contribution in [3.05, 3.63) is 48.1 Å². The molecule has 1 fully saturated rings. The molecule has 13 heteroatoms. The Bertz CT molecular complexity index is 1250. The van der Waals surface area contributed by atoms with Gasteiger partial charge in [0.05, 0.1) is 6.33 Å². The minimum absolute atomic E-state index is 0.0938. The summed E-state index contributed by atoms with van der Waals surface area (Å²) in [6.07, 6.45) is -0.162. The third kappa shape index (κ3) is 3.97. The number of rotatable bonds is 7. The van der Waals surface area contributed by atoms with Crippen molar-refractivity contribution < 1.29 is 19.5 Å². The average Bonchev–Trinajstić information content (AvgIpc) is 3.53. The second kappa shape index (κ2) is 8.69. The van der Waals surface area contributed by atoms with Crippen molar-refractivity contribution in [3.63, 3.8) is 0 Å². The summed E-state index contributed by atoms with van der Waals surface area (Å²) in [4.78, 5) is 21.5. The monoisotopic (exact) mass is 453 g/mol. The summed E-state index contributed by atoms with van der Waals surface area (Å²) in [6.45, 7) is 2.41. The number of anilines is 2. The number of aromatic nitrogens is 7. The van der Waals surface area contributed by atoms with E-state index in [0.29, 0.717) is 42.3 Å². The number of hydrogen-bond acceptors (Lipinski definition) is 12. The molecule has 0 saturated carbocycles. The molecule has 4 atom stereocenters. The molecule has 4 aromatic heterocycles. The molecule has 1 aliphatic heterocycles. The van der Waals surface area contributed by atoms with Gasteiger partial charge in [-0.15, -0.1) is 0 Å². The van der Waals surface area contributed by atoms with Crippen molar-refractivity contribution in [2.24, 2.45) is 0 Å². The highest BCUT2D eigenvalue weighted by molar-refractivity contribution is 5.83. The summed E-state index contributed by atoms with van der Waals surface area (Å²) in [5.74, 6) is 1.05. The van der Waals surface area contributed by atoms with E-state index >= 15 is 0 Å². The summed E-state index contributed by atoms with van der Waals surface area (Å²) < 4.78 is 12.6. The van der Waals surface area contributed by atoms with Crippen molar-refractivity contribution in [2.75, 3.05) is 17.6 Å². The van der Waals surface area contributed by atoms with Crippen LogP contribution >= 0.6 is 0 Å². The molecule has 33 heavy (non-hydrogen) atoms. The first-order chi connectivity index (χ1) is 16.0. The molecule has 13 nitrogen and oxygen atoms in total. The highest BCUT2D eigenvalue weighted by Gasteiger charge is 2.47. The van der Waals surface area contributed by atoms with Gasteiger partial charge < -0.3 is 30.5 Å². The van der Waals surface area contributed by atoms with Gasteiger partial charge in [0.25, 0.3) is 5.89 Å². The van der Waals surface area contributed by atoms with Crippen LogP contribution in [0.3, 0.4) is 0 Å². The Morgan fingerprint density at radius 3 is 2.79 bits per heavy atom. The lowest BCUT2D eigenvalue weighted by atomic mass is 10.1. The molecule has 0 radical (unpaired) electrons. The van der Waals surface area contributed by atoms with E-state index in [0.717, 1.165) is 5.69 Å². The smallest absolute Gasteiger partial charge is 0.258 e. The van der Waals surface area contributed by atoms with Gasteiger partial charge in [-0.2, -0.15) is 15.0 Å². The Balaban J connectivity index is 1.38. The minimum Gasteiger partial charge on any atom is -0.387 e. The van der Waals surface area contributed by atoms with Crippen LogP contribution in [-0.2, 0) is 17.6 Å². The van der Waals surface area contributed by atoms with E-state index in [9.17, 15) is 10.2 Å². The lowest BCUT2D eigenvalue weighted by molar-refractivity contribution is -0.0451. The van der Waals surface area contributed by atoms with Crippen molar-refractivity contribution in [1.29, 1.82) is 0 Å². The van der Waals surface area contributed by atoms with Crippen molar-refractivity contribution in [2.45, 2.75) is 44.3 Å². The van der Waals surface area contributed by atoms with Crippen molar-refractivity contribution in [3.8, 4) is 0 Å². The van der Waals surface area contributed by atoms with E-state index in [1.54, 1.807) is 6.20 Å². The van der Waals surface area contributed by atoms with Gasteiger partial charge in [-0.3, -0.25) is 9.55 Å². The number of imidazole rings is 1. The van der Waals surface area contributed by atoms with Crippen LogP contribution in [0.4, 0.5) is 11.8 Å². The Hall–Kier alpha value is -3.68. The molecular formula is C20H23N9O4. The van der Waals surface area contributed by atoms with Crippen LogP contribution in [0.15, 0.2) is 35.2 Å². The van der Waals surface area contributed by atoms with E-state index in [1.165, 1.54) is 10.9 Å². The molecule has 1 saturated heterocycles. The SMILES string of the molecule is CCc1noc([C@H]2O[C@@H](n3cnc4c(N)nc(NCCc5ccccn5)nc43)[C@H](O)[C@@H]2O)n1. The molecule has 0 spiro atoms. The van der Waals surface area contributed by atoms with Crippen LogP contribution in [0.5, 0.6) is 0 Å². The number of nitrogens with two attached hydrogens (primary N) is 1. The Morgan fingerprint density at radius 2 is 2.03 bits per heavy atom. The first kappa shape index (κ1) is 21.2. The molecule has 5 heterocycles. The third-order valence-electron chi connectivity index (χ3n) is 5.39. The van der Waals surface area contributed by atoms with E-state index in [4.69, 9.17) is 15.0 Å². The van der Waals surface area contributed by atoms with E-state index in [-0.39, 0.29) is 11.7 Å². The number of pyridine rings is 1. The number of nitrogen functional groups attached to an aromatic ring is 1. The van der Waals surface area contributed by atoms with Crippen molar-refractivity contribution >= 4 is 22.9 Å². The van der Waals surface area contributed by atoms with Gasteiger partial charge in [-0.1, -0.05) is 18.1 Å². The van der Waals surface area contributed by atoms with E-state index in [2.05, 4.69) is 35.4 Å². The topological polar surface area (TPSA) is 183 Å². The maximum absolute atomic E-state index is 10.7. The van der Waals surface area contributed by atoms with Gasteiger partial charge in [-0.05, 0) is 12.1 Å². The number of aryl methyl sites for hydroxylation is 1. The van der Waals surface area contributed by atoms with Gasteiger partial charge in [0.1, 0.15) is 17.7 Å². The maximum Gasteiger partial charge on any atom is 0.258 e. The number of nitrogens with zero attached hydrogens (tertiary/aromatic N) is 7. The zero-order valence-electron chi connectivity index (χ0n) is 17.7. The number of ether oxygens (including phenoxy) is 1. The average molecular weight is 453 g/mol. The Morgan fingerprint density at radius 1 is 1.15 bits per heavy atom. The molecule has 5 rings (SSSR count). The van der Waals surface area contributed by atoms with Gasteiger partial charge in [-0.25, -0.2) is 4.98 Å². The Kier molecular flexibility index (Phi) is 5.58. The highest BCUT2D eigenvalue weighted by Crippen LogP contribution is 2.39. The molecule has 172 valence electrons. The maximum atomic E-state index is 10.7. The molecular weight excluding hydrogens is 430 g/mol. The second-order valence-electron chi connectivity index (χ2n) is 7.59. The number of fused-ring (bicyclic) bond motifs is 1. The zero-order valence-corrected chi connectivity index (χ0v) is 17.7. The fourth-order valence-corrected chi connectivity index (χ4v) is 3.67. The van der Waals surface area contributed by atoms with Gasteiger partial charge in [0.2, 0.25) is 5.95 Å². The fourth-order valence-electron chi connectivity index (χ4n) is 3.67. The van der Waals surface area contributed by atoms with Gasteiger partial charge in [0.15, 0.2) is 29.6 Å². The summed E-state index contributed by atoms with van der Waals surface area (Å²) >= 11 is 0. The summed E-state index contributed by atoms with van der Waals surface area (Å²) in [5.41, 5.74) is 7.71. The quantitative estimate of drug-likeness (QED) is 0.302. The lowest BCUT2D eigenvalue weighted by Gasteiger charge is -2.16. The predicted molar refractivity (Wildman–Crippen MR) is 115 cm³/mol. The first-order valence-corrected chi connectivity index (χ1v) is 10.5. The Labute approximate surface area is 187 Å². The second-order valence-corrected chi connectivity index (χ2v) is 7.59. The van der Waals surface area contributed by atoms with E-state index < -0.39 is 24.5 Å². The molecule has 4 aromatic rings. The highest BCUT2D eigenvalue weighted by atomic mass is 16.6. The predicted octanol–water partition coefficient (Wildman–Crippen LogP) is 0.395. The molecule has 0 unspecified atom stereocenters. The van der Waals surface area contributed by atoms with Crippen LogP contribution in [0.2, 0.25) is 0 Å². The van der Waals surface area contributed by atoms with Gasteiger partial charge in [0, 0.05) is 31.3 Å². The van der Waals surface area contributed by atoms with Crippen LogP contribution < -0.4 is 11.1 Å². The number of aliphatic hydroxyl groups excluding tert-OH is 2. The normalized spacial score (nSPS) is 22.8. The minimum atomic E-state index is -1.29. The molecule has 0 bridgehead atoms. The summed E-state index contributed by atoms with van der Waals surface area (Å²) in [5, 5.41) is 28.2. The third-order valence-corrected chi connectivity index (χ3v) is 5.39. The molecule has 1 aliphatic rings. The number of hydrogen-bond donors (Lipinski definition) is 4. The summed E-state index contributed by atoms with van der Waals surface area (Å²) in [7, 11) is 0. The fraction of sp³-hybridized carbons (Fsp3) is 0.400. The lowest BCUT2D eigenvalue weighted by Crippen LogP contribution is -2.29. The van der Waals surface area contributed by atoms with Crippen LogP contribution in [0, 0.1) is 0 Å². The van der Waals surface area contributed by atoms with Crippen LogP contribution in [0.1, 0.15) is 36.7 Å². The van der Waals surface area contributed by atoms with E-state index in [1.807, 2.05) is 25.1 Å². The molecule has 0 amide bonds. The number of aliphatic hydroxyl groups is 2. The molecule has 5 N–H and O–H groups in total. The van der Waals surface area contributed by atoms with Crippen LogP contribution in [0.25, 0.3) is 11.2 Å². The first-order valence-electron chi connectivity index (χ1n) is 10.5. The zero-order chi connectivity index (χ0) is 22.9. The van der Waals surface area contributed by atoms with Crippen molar-refractivity contribution in [1.82, 2.24) is 34.6 Å². The van der Waals surface area contributed by atoms with Gasteiger partial charge >= 0.3 is 0 Å². The largest absolute Gasteiger partial charge is 0.387 e. The molecule has 0 aromatic carbocycles. The summed E-state index contributed by atoms with van der Waals surface area (Å²) in [6, 6.07) is 5.72. The van der Waals surface area contributed by atoms with Crippen LogP contribution in [-0.4, -0.2) is 63.6 Å².